The van der Waals surface area contributed by atoms with Crippen molar-refractivity contribution < 1.29 is 38.6 Å². The van der Waals surface area contributed by atoms with Crippen molar-refractivity contribution in [3.8, 4) is 5.75 Å². The van der Waals surface area contributed by atoms with Crippen LogP contribution in [0.3, 0.4) is 0 Å². The average molecular weight is 660 g/mol. The second kappa shape index (κ2) is 18.0. The fourth-order valence-electron chi connectivity index (χ4n) is 4.20. The van der Waals surface area contributed by atoms with E-state index in [1.165, 1.54) is 36.6 Å². The minimum Gasteiger partial charge on any atom is -0.508 e. The van der Waals surface area contributed by atoms with Gasteiger partial charge in [-0.3, -0.25) is 24.0 Å². The van der Waals surface area contributed by atoms with Crippen LogP contribution in [0.2, 0.25) is 0 Å². The topological polar surface area (TPSA) is 193 Å². The predicted octanol–water partition coefficient (Wildman–Crippen LogP) is 3.41. The van der Waals surface area contributed by atoms with E-state index in [0.717, 1.165) is 6.29 Å². The zero-order chi connectivity index (χ0) is 34.4. The molecule has 0 unspecified atom stereocenters. The number of benzene rings is 1. The molecule has 5 N–H and O–H groups in total. The van der Waals surface area contributed by atoms with Gasteiger partial charge in [0.05, 0.1) is 23.2 Å². The number of hydrogen-bond donors (Lipinski definition) is 5. The van der Waals surface area contributed by atoms with Crippen LogP contribution in [0.1, 0.15) is 76.0 Å². The van der Waals surface area contributed by atoms with Crippen molar-refractivity contribution in [2.75, 3.05) is 18.4 Å². The van der Waals surface area contributed by atoms with Crippen LogP contribution in [-0.4, -0.2) is 76.6 Å². The van der Waals surface area contributed by atoms with Crippen LogP contribution in [0.5, 0.6) is 5.75 Å². The number of ether oxygens (including phenoxy) is 1. The summed E-state index contributed by atoms with van der Waals surface area (Å²) in [5.74, 6) is -2.91. The van der Waals surface area contributed by atoms with E-state index >= 15 is 0 Å². The number of rotatable bonds is 18. The SMILES string of the molecule is C[C@H](CC(=O)[C@H](C)NC(=O)[C@H](C)CC(=O)[C@H](Cc1ccc(O)cc1)NC(=O)OC(C)(C)C)C(=O)NCCCNc1ncc(C=O)s1. The van der Waals surface area contributed by atoms with E-state index in [2.05, 4.69) is 26.3 Å². The van der Waals surface area contributed by atoms with Gasteiger partial charge in [-0.05, 0) is 58.2 Å². The van der Waals surface area contributed by atoms with Gasteiger partial charge < -0.3 is 31.1 Å². The molecule has 1 aromatic heterocycles. The van der Waals surface area contributed by atoms with Crippen LogP contribution in [-0.2, 0) is 30.3 Å². The molecule has 252 valence electrons. The van der Waals surface area contributed by atoms with Crippen molar-refractivity contribution >= 4 is 52.2 Å². The van der Waals surface area contributed by atoms with Crippen molar-refractivity contribution in [3.05, 3.63) is 40.9 Å². The van der Waals surface area contributed by atoms with Gasteiger partial charge in [0.2, 0.25) is 11.8 Å². The number of amides is 3. The molecule has 0 aliphatic carbocycles. The van der Waals surface area contributed by atoms with Gasteiger partial charge in [-0.1, -0.05) is 37.3 Å². The summed E-state index contributed by atoms with van der Waals surface area (Å²) in [5.41, 5.74) is -0.100. The Hall–Kier alpha value is -4.33. The van der Waals surface area contributed by atoms with Gasteiger partial charge in [-0.15, -0.1) is 0 Å². The number of phenols is 1. The molecule has 2 rings (SSSR count). The lowest BCUT2D eigenvalue weighted by Crippen LogP contribution is -2.47. The molecule has 0 saturated carbocycles. The molecule has 0 spiro atoms. The molecule has 14 heteroatoms. The van der Waals surface area contributed by atoms with E-state index in [0.29, 0.717) is 35.1 Å². The third kappa shape index (κ3) is 13.8. The van der Waals surface area contributed by atoms with Crippen molar-refractivity contribution in [2.24, 2.45) is 11.8 Å². The fraction of sp³-hybridized carbons (Fsp3) is 0.531. The molecule has 0 radical (unpaired) electrons. The average Bonchev–Trinajstić information content (AvgIpc) is 3.44. The summed E-state index contributed by atoms with van der Waals surface area (Å²) >= 11 is 1.24. The smallest absolute Gasteiger partial charge is 0.408 e. The number of aromatic hydroxyl groups is 1. The number of alkyl carbamates (subject to hydrolysis) is 1. The summed E-state index contributed by atoms with van der Waals surface area (Å²) in [4.78, 5) is 79.2. The van der Waals surface area contributed by atoms with Gasteiger partial charge in [-0.25, -0.2) is 9.78 Å². The van der Waals surface area contributed by atoms with E-state index < -0.39 is 47.3 Å². The number of phenolic OH excluding ortho intramolecular Hbond substituents is 1. The number of carbonyl (C=O) groups is 6. The first kappa shape index (κ1) is 37.9. The molecule has 3 amide bonds. The van der Waals surface area contributed by atoms with Crippen LogP contribution in [0, 0.1) is 11.8 Å². The lowest BCUT2D eigenvalue weighted by molar-refractivity contribution is -0.133. The summed E-state index contributed by atoms with van der Waals surface area (Å²) in [5, 5.41) is 21.3. The van der Waals surface area contributed by atoms with Crippen LogP contribution >= 0.6 is 11.3 Å². The van der Waals surface area contributed by atoms with E-state index in [1.54, 1.807) is 46.8 Å². The number of hydrogen-bond acceptors (Lipinski definition) is 11. The van der Waals surface area contributed by atoms with Crippen molar-refractivity contribution in [1.29, 1.82) is 0 Å². The number of Topliss-reactive ketones (excluding diaryl/α,β-unsaturated/α-hetero) is 2. The molecular formula is C32H45N5O8S. The highest BCUT2D eigenvalue weighted by Crippen LogP contribution is 2.17. The predicted molar refractivity (Wildman–Crippen MR) is 174 cm³/mol. The Morgan fingerprint density at radius 1 is 0.935 bits per heavy atom. The summed E-state index contributed by atoms with van der Waals surface area (Å²) in [7, 11) is 0. The van der Waals surface area contributed by atoms with E-state index in [4.69, 9.17) is 4.74 Å². The molecule has 0 bridgehead atoms. The maximum absolute atomic E-state index is 13.3. The van der Waals surface area contributed by atoms with Gasteiger partial charge in [-0.2, -0.15) is 0 Å². The van der Waals surface area contributed by atoms with Gasteiger partial charge in [0.1, 0.15) is 11.4 Å². The Bertz CT molecular complexity index is 1350. The number of thiazole rings is 1. The molecule has 0 aliphatic rings. The van der Waals surface area contributed by atoms with E-state index in [9.17, 15) is 33.9 Å². The standard InChI is InChI=1S/C32H45N5O8S/c1-19(28(42)33-12-7-13-34-30-35-17-24(18-38)46-30)14-26(40)21(3)36-29(43)20(2)15-27(41)25(37-31(44)45-32(4,5)6)16-22-8-10-23(39)11-9-22/h8-11,17-21,25,39H,7,12-16H2,1-6H3,(H,33,42)(H,34,35)(H,36,43)(H,37,44)/t19-,20-,21+,25+/m1/s1. The van der Waals surface area contributed by atoms with E-state index in [-0.39, 0.29) is 36.7 Å². The molecule has 46 heavy (non-hydrogen) atoms. The monoisotopic (exact) mass is 659 g/mol. The molecular weight excluding hydrogens is 614 g/mol. The molecule has 2 aromatic rings. The molecule has 13 nitrogen and oxygen atoms in total. The Balaban J connectivity index is 1.83. The van der Waals surface area contributed by atoms with E-state index in [1.807, 2.05) is 0 Å². The van der Waals surface area contributed by atoms with Crippen molar-refractivity contribution in [1.82, 2.24) is 20.9 Å². The van der Waals surface area contributed by atoms with Crippen molar-refractivity contribution in [2.45, 2.75) is 84.9 Å². The lowest BCUT2D eigenvalue weighted by Gasteiger charge is -2.24. The first-order valence-corrected chi connectivity index (χ1v) is 16.0. The number of nitrogens with zero attached hydrogens (tertiary/aromatic N) is 1. The molecule has 4 atom stereocenters. The second-order valence-corrected chi connectivity index (χ2v) is 13.3. The number of ketones is 2. The Morgan fingerprint density at radius 3 is 2.17 bits per heavy atom. The Kier molecular flexibility index (Phi) is 14.8. The zero-order valence-corrected chi connectivity index (χ0v) is 28.0. The maximum Gasteiger partial charge on any atom is 0.408 e. The molecule has 1 aromatic carbocycles. The first-order chi connectivity index (χ1) is 21.6. The largest absolute Gasteiger partial charge is 0.508 e. The number of aromatic nitrogens is 1. The molecule has 0 fully saturated rings. The minimum atomic E-state index is -0.994. The lowest BCUT2D eigenvalue weighted by atomic mass is 9.94. The van der Waals surface area contributed by atoms with Crippen molar-refractivity contribution in [3.63, 3.8) is 0 Å². The summed E-state index contributed by atoms with van der Waals surface area (Å²) in [6.07, 6.45) is 1.86. The molecule has 1 heterocycles. The highest BCUT2D eigenvalue weighted by molar-refractivity contribution is 7.17. The van der Waals surface area contributed by atoms with Gasteiger partial charge in [0, 0.05) is 37.8 Å². The maximum atomic E-state index is 13.3. The summed E-state index contributed by atoms with van der Waals surface area (Å²) in [6, 6.07) is 4.32. The molecule has 0 aliphatic heterocycles. The van der Waals surface area contributed by atoms with Crippen LogP contribution in [0.4, 0.5) is 9.93 Å². The Morgan fingerprint density at radius 2 is 1.57 bits per heavy atom. The third-order valence-corrected chi connectivity index (χ3v) is 7.66. The number of anilines is 1. The minimum absolute atomic E-state index is 0.0585. The highest BCUT2D eigenvalue weighted by atomic mass is 32.1. The van der Waals surface area contributed by atoms with Gasteiger partial charge in [0.15, 0.2) is 23.0 Å². The van der Waals surface area contributed by atoms with Gasteiger partial charge in [0.25, 0.3) is 0 Å². The Labute approximate surface area is 273 Å². The quantitative estimate of drug-likeness (QED) is 0.117. The fourth-order valence-corrected chi connectivity index (χ4v) is 4.86. The number of nitrogens with one attached hydrogen (secondary N) is 4. The van der Waals surface area contributed by atoms with Gasteiger partial charge >= 0.3 is 6.09 Å². The zero-order valence-electron chi connectivity index (χ0n) is 27.2. The highest BCUT2D eigenvalue weighted by Gasteiger charge is 2.29. The van der Waals surface area contributed by atoms with Crippen LogP contribution in [0.25, 0.3) is 0 Å². The van der Waals surface area contributed by atoms with Crippen LogP contribution < -0.4 is 21.3 Å². The molecule has 0 saturated heterocycles. The normalized spacial score (nSPS) is 13.8. The van der Waals surface area contributed by atoms with Crippen LogP contribution in [0.15, 0.2) is 30.5 Å². The number of aldehydes is 1. The third-order valence-electron chi connectivity index (χ3n) is 6.78. The first-order valence-electron chi connectivity index (χ1n) is 15.1. The summed E-state index contributed by atoms with van der Waals surface area (Å²) < 4.78 is 5.31. The number of carbonyl (C=O) groups excluding carboxylic acids is 6. The summed E-state index contributed by atoms with van der Waals surface area (Å²) in [6.45, 7) is 10.7. The second-order valence-electron chi connectivity index (χ2n) is 12.2.